The highest BCUT2D eigenvalue weighted by Crippen LogP contribution is 2.40. The molecule has 1 heterocycles. The summed E-state index contributed by atoms with van der Waals surface area (Å²) in [4.78, 5) is 36.0. The van der Waals surface area contributed by atoms with Gasteiger partial charge in [0.05, 0.1) is 28.6 Å². The Balaban J connectivity index is 0.00000320. The summed E-state index contributed by atoms with van der Waals surface area (Å²) in [6, 6.07) is 8.99. The lowest BCUT2D eigenvalue weighted by molar-refractivity contribution is -0.392. The van der Waals surface area contributed by atoms with Gasteiger partial charge in [-0.3, -0.25) is 20.2 Å². The molecule has 0 spiro atoms. The van der Waals surface area contributed by atoms with Crippen LogP contribution in [0, 0.1) is 20.2 Å². The Hall–Kier alpha value is -3.93. The van der Waals surface area contributed by atoms with E-state index >= 15 is 0 Å². The molecule has 12 heteroatoms. The molecule has 2 aromatic carbocycles. The molecule has 12 nitrogen and oxygen atoms in total. The minimum atomic E-state index is -1.72. The molecule has 30 heavy (non-hydrogen) atoms. The zero-order chi connectivity index (χ0) is 21.1. The third-order valence-corrected chi connectivity index (χ3v) is 4.72. The van der Waals surface area contributed by atoms with Crippen LogP contribution in [0.25, 0.3) is 0 Å². The molecule has 3 rings (SSSR count). The van der Waals surface area contributed by atoms with Crippen LogP contribution in [0.2, 0.25) is 0 Å². The van der Waals surface area contributed by atoms with Gasteiger partial charge in [-0.1, -0.05) is 12.1 Å². The highest BCUT2D eigenvalue weighted by Gasteiger charge is 2.33. The zero-order valence-electron chi connectivity index (χ0n) is 16.4. The van der Waals surface area contributed by atoms with Gasteiger partial charge in [0, 0.05) is 43.9 Å². The highest BCUT2D eigenvalue weighted by atomic mass is 16.6. The van der Waals surface area contributed by atoms with E-state index in [0.29, 0.717) is 18.8 Å². The lowest BCUT2D eigenvalue weighted by atomic mass is 10.1. The lowest BCUT2D eigenvalue weighted by Gasteiger charge is -2.37. The molecule has 0 bridgehead atoms. The van der Waals surface area contributed by atoms with Crippen molar-refractivity contribution in [1.82, 2.24) is 6.15 Å². The molecule has 0 unspecified atom stereocenters. The predicted molar refractivity (Wildman–Crippen MR) is 107 cm³/mol. The van der Waals surface area contributed by atoms with Gasteiger partial charge < -0.3 is 30.6 Å². The molecule has 2 aromatic rings. The second-order valence-corrected chi connectivity index (χ2v) is 6.31. The standard InChI is InChI=1S/C18H18N4O7.H3N/c1-29-16-5-3-2-4-13(16)19-6-8-20(9-7-19)17-14(21(25)26)10-12(18(23)24)11-15(17)22(27)28;/h2-5,10-11H,6-9H2,1H3,(H,23,24);1H3. The number of carbonyl (C=O) groups excluding carboxylic acids is 1. The average Bonchev–Trinajstić information content (AvgIpc) is 2.72. The number of carboxylic acid groups (broad SMARTS) is 1. The van der Waals surface area contributed by atoms with E-state index in [4.69, 9.17) is 4.74 Å². The molecular weight excluding hydrogens is 398 g/mol. The van der Waals surface area contributed by atoms with E-state index in [1.807, 2.05) is 29.2 Å². The van der Waals surface area contributed by atoms with Gasteiger partial charge in [-0.25, -0.2) is 0 Å². The smallest absolute Gasteiger partial charge is 0.300 e. The predicted octanol–water partition coefficient (Wildman–Crippen LogP) is 1.58. The quantitative estimate of drug-likeness (QED) is 0.537. The van der Waals surface area contributed by atoms with Crippen LogP contribution in [0.15, 0.2) is 36.4 Å². The number of nitro benzene ring substituents is 2. The minimum absolute atomic E-state index is 0. The van der Waals surface area contributed by atoms with E-state index in [-0.39, 0.29) is 24.9 Å². The fourth-order valence-corrected chi connectivity index (χ4v) is 3.39. The van der Waals surface area contributed by atoms with Crippen LogP contribution < -0.4 is 25.8 Å². The second kappa shape index (κ2) is 9.05. The first-order chi connectivity index (χ1) is 13.8. The minimum Gasteiger partial charge on any atom is -0.545 e. The van der Waals surface area contributed by atoms with Crippen molar-refractivity contribution in [3.63, 3.8) is 0 Å². The van der Waals surface area contributed by atoms with Crippen LogP contribution in [0.4, 0.5) is 22.7 Å². The molecule has 1 fully saturated rings. The molecule has 1 saturated heterocycles. The number of ether oxygens (including phenoxy) is 1. The van der Waals surface area contributed by atoms with Crippen LogP contribution in [0.5, 0.6) is 5.75 Å². The molecule has 4 N–H and O–H groups in total. The normalized spacial score (nSPS) is 13.4. The van der Waals surface area contributed by atoms with E-state index in [0.717, 1.165) is 17.8 Å². The molecule has 1 aliphatic rings. The van der Waals surface area contributed by atoms with Gasteiger partial charge in [-0.2, -0.15) is 0 Å². The number of quaternary nitrogens is 1. The number of piperazine rings is 1. The van der Waals surface area contributed by atoms with E-state index in [1.54, 1.807) is 7.11 Å². The van der Waals surface area contributed by atoms with Gasteiger partial charge in [-0.05, 0) is 12.1 Å². The van der Waals surface area contributed by atoms with E-state index in [2.05, 4.69) is 0 Å². The van der Waals surface area contributed by atoms with Crippen molar-refractivity contribution in [3.05, 3.63) is 62.2 Å². The molecule has 0 aliphatic carbocycles. The SMILES string of the molecule is COc1ccccc1N1CCN(c2c([N+](=O)[O-])cc(C(=O)[O-])cc2[N+](=O)[O-])CC1.[NH4+]. The summed E-state index contributed by atoms with van der Waals surface area (Å²) in [5.74, 6) is -1.04. The van der Waals surface area contributed by atoms with E-state index < -0.39 is 32.8 Å². The molecule has 0 aromatic heterocycles. The van der Waals surface area contributed by atoms with Crippen LogP contribution >= 0.6 is 0 Å². The third-order valence-electron chi connectivity index (χ3n) is 4.72. The maximum absolute atomic E-state index is 11.5. The summed E-state index contributed by atoms with van der Waals surface area (Å²) in [7, 11) is 1.56. The topological polar surface area (TPSA) is 179 Å². The number of nitro groups is 2. The largest absolute Gasteiger partial charge is 0.545 e. The fourth-order valence-electron chi connectivity index (χ4n) is 3.39. The third kappa shape index (κ3) is 4.22. The molecule has 0 saturated carbocycles. The first kappa shape index (κ1) is 22.4. The zero-order valence-corrected chi connectivity index (χ0v) is 16.4. The number of hydrogen-bond acceptors (Lipinski definition) is 9. The Labute approximate surface area is 171 Å². The number of carboxylic acids is 1. The molecule has 0 radical (unpaired) electrons. The molecule has 1 aliphatic heterocycles. The van der Waals surface area contributed by atoms with Crippen LogP contribution in [0.1, 0.15) is 10.4 Å². The molecule has 0 atom stereocenters. The van der Waals surface area contributed by atoms with Crippen molar-refractivity contribution in [2.45, 2.75) is 0 Å². The highest BCUT2D eigenvalue weighted by molar-refractivity contribution is 5.91. The van der Waals surface area contributed by atoms with Crippen molar-refractivity contribution in [2.75, 3.05) is 43.1 Å². The van der Waals surface area contributed by atoms with Gasteiger partial charge in [0.2, 0.25) is 0 Å². The van der Waals surface area contributed by atoms with Crippen molar-refractivity contribution < 1.29 is 24.5 Å². The van der Waals surface area contributed by atoms with Gasteiger partial charge in [-0.15, -0.1) is 0 Å². The molecule has 160 valence electrons. The number of rotatable bonds is 6. The van der Waals surface area contributed by atoms with Crippen molar-refractivity contribution in [3.8, 4) is 5.75 Å². The van der Waals surface area contributed by atoms with E-state index in [1.165, 1.54) is 4.90 Å². The summed E-state index contributed by atoms with van der Waals surface area (Å²) >= 11 is 0. The van der Waals surface area contributed by atoms with Gasteiger partial charge in [0.25, 0.3) is 11.4 Å². The Morgan fingerprint density at radius 3 is 1.93 bits per heavy atom. The van der Waals surface area contributed by atoms with Crippen LogP contribution in [0.3, 0.4) is 0 Å². The van der Waals surface area contributed by atoms with Gasteiger partial charge in [0.15, 0.2) is 5.69 Å². The Bertz CT molecular complexity index is 938. The Kier molecular flexibility index (Phi) is 6.74. The average molecular weight is 419 g/mol. The number of anilines is 2. The van der Waals surface area contributed by atoms with Crippen LogP contribution in [-0.2, 0) is 0 Å². The summed E-state index contributed by atoms with van der Waals surface area (Å²) in [6.07, 6.45) is 0. The number of hydrogen-bond donors (Lipinski definition) is 1. The monoisotopic (exact) mass is 419 g/mol. The fraction of sp³-hybridized carbons (Fsp3) is 0.278. The molecule has 0 amide bonds. The summed E-state index contributed by atoms with van der Waals surface area (Å²) in [6.45, 7) is 1.42. The van der Waals surface area contributed by atoms with Crippen molar-refractivity contribution in [2.24, 2.45) is 0 Å². The second-order valence-electron chi connectivity index (χ2n) is 6.31. The molecular formula is C18H21N5O7. The first-order valence-corrected chi connectivity index (χ1v) is 8.64. The van der Waals surface area contributed by atoms with Gasteiger partial charge >= 0.3 is 0 Å². The van der Waals surface area contributed by atoms with Gasteiger partial charge in [0.1, 0.15) is 5.75 Å². The Morgan fingerprint density at radius 2 is 1.47 bits per heavy atom. The maximum Gasteiger partial charge on any atom is 0.300 e. The summed E-state index contributed by atoms with van der Waals surface area (Å²) < 4.78 is 5.35. The lowest BCUT2D eigenvalue weighted by Crippen LogP contribution is -2.47. The van der Waals surface area contributed by atoms with Crippen LogP contribution in [-0.4, -0.2) is 49.1 Å². The summed E-state index contributed by atoms with van der Waals surface area (Å²) in [5, 5.41) is 34.1. The number of benzene rings is 2. The van der Waals surface area contributed by atoms with Crippen molar-refractivity contribution in [1.29, 1.82) is 0 Å². The van der Waals surface area contributed by atoms with Crippen molar-refractivity contribution >= 4 is 28.7 Å². The number of carbonyl (C=O) groups is 1. The number of aromatic carboxylic acids is 1. The maximum atomic E-state index is 11.5. The van der Waals surface area contributed by atoms with E-state index in [9.17, 15) is 30.1 Å². The Morgan fingerprint density at radius 1 is 0.967 bits per heavy atom. The first-order valence-electron chi connectivity index (χ1n) is 8.64. The summed E-state index contributed by atoms with van der Waals surface area (Å²) in [5.41, 5.74) is -1.23. The number of nitrogens with zero attached hydrogens (tertiary/aromatic N) is 4. The number of para-hydroxylation sites is 2. The number of methoxy groups -OCH3 is 1.